The van der Waals surface area contributed by atoms with Gasteiger partial charge in [0.1, 0.15) is 0 Å². The normalized spacial score (nSPS) is 15.1. The van der Waals surface area contributed by atoms with Gasteiger partial charge in [-0.1, -0.05) is 64.5 Å². The number of ether oxygens (including phenoxy) is 3. The molecule has 0 amide bonds. The van der Waals surface area contributed by atoms with Crippen LogP contribution in [0, 0.1) is 0 Å². The first-order valence-corrected chi connectivity index (χ1v) is 12.8. The fourth-order valence-corrected chi connectivity index (χ4v) is 5.48. The highest BCUT2D eigenvalue weighted by Gasteiger charge is 2.33. The maximum atomic E-state index is 13.7. The van der Waals surface area contributed by atoms with Gasteiger partial charge in [0, 0.05) is 4.47 Å². The van der Waals surface area contributed by atoms with E-state index in [1.807, 2.05) is 37.3 Å². The van der Waals surface area contributed by atoms with Crippen LogP contribution in [0.5, 0.6) is 11.5 Å². The molecule has 0 unspecified atom stereocenters. The Morgan fingerprint density at radius 3 is 2.54 bits per heavy atom. The number of allylic oxidation sites excluding steroid dienone is 1. The number of carbonyl (C=O) groups is 2. The van der Waals surface area contributed by atoms with Crippen LogP contribution < -0.4 is 24.4 Å². The number of aliphatic carboxylic acids is 1. The molecule has 1 aliphatic rings. The Kier molecular flexibility index (Phi) is 7.94. The molecule has 0 aliphatic carbocycles. The van der Waals surface area contributed by atoms with Gasteiger partial charge < -0.3 is 19.3 Å². The van der Waals surface area contributed by atoms with E-state index in [1.54, 1.807) is 18.2 Å². The van der Waals surface area contributed by atoms with E-state index in [1.165, 1.54) is 30.1 Å². The molecule has 0 bridgehead atoms. The lowest BCUT2D eigenvalue weighted by Crippen LogP contribution is -2.40. The molecule has 192 valence electrons. The molecule has 0 saturated heterocycles. The molecule has 37 heavy (non-hydrogen) atoms. The SMILES string of the molecule is CCC1=C(C(=O)OC)[C@@H](c2ccccc2)n2c(s/c(=C\c3cc(OC)c(OCC(=O)O)cc3Br)c2=O)=N1. The van der Waals surface area contributed by atoms with Crippen molar-refractivity contribution in [2.75, 3.05) is 20.8 Å². The van der Waals surface area contributed by atoms with Crippen LogP contribution in [0.25, 0.3) is 6.08 Å². The second-order valence-electron chi connectivity index (χ2n) is 7.91. The first-order valence-electron chi connectivity index (χ1n) is 11.2. The predicted octanol–water partition coefficient (Wildman–Crippen LogP) is 3.03. The monoisotopic (exact) mass is 586 g/mol. The molecular formula is C26H23BrN2O7S. The Labute approximate surface area is 224 Å². The summed E-state index contributed by atoms with van der Waals surface area (Å²) in [6.45, 7) is 1.37. The van der Waals surface area contributed by atoms with Crippen molar-refractivity contribution in [3.8, 4) is 11.5 Å². The number of nitrogens with zero attached hydrogens (tertiary/aromatic N) is 2. The summed E-state index contributed by atoms with van der Waals surface area (Å²) in [6.07, 6.45) is 2.17. The van der Waals surface area contributed by atoms with E-state index in [0.717, 1.165) is 5.56 Å². The molecule has 0 saturated carbocycles. The molecule has 11 heteroatoms. The molecule has 1 atom stereocenters. The molecule has 0 radical (unpaired) electrons. The third-order valence-corrected chi connectivity index (χ3v) is 7.36. The highest BCUT2D eigenvalue weighted by Crippen LogP contribution is 2.34. The van der Waals surface area contributed by atoms with Gasteiger partial charge in [-0.05, 0) is 35.8 Å². The fourth-order valence-electron chi connectivity index (χ4n) is 4.03. The minimum absolute atomic E-state index is 0.245. The summed E-state index contributed by atoms with van der Waals surface area (Å²) in [5.74, 6) is -1.09. The second-order valence-corrected chi connectivity index (χ2v) is 9.77. The standard InChI is InChI=1S/C26H23BrN2O7S/c1-4-17-22(25(33)35-3)23(14-8-6-5-7-9-14)29-24(32)20(37-26(29)28-17)11-15-10-18(34-2)19(12-16(15)27)36-13-21(30)31/h5-12,23H,4,13H2,1-3H3,(H,30,31)/b20-11-/t23-/m1/s1. The van der Waals surface area contributed by atoms with Crippen LogP contribution in [0.4, 0.5) is 0 Å². The number of methoxy groups -OCH3 is 2. The smallest absolute Gasteiger partial charge is 0.341 e. The van der Waals surface area contributed by atoms with Gasteiger partial charge in [-0.15, -0.1) is 0 Å². The molecule has 4 rings (SSSR count). The number of esters is 1. The zero-order chi connectivity index (χ0) is 26.7. The van der Waals surface area contributed by atoms with Gasteiger partial charge in [0.15, 0.2) is 22.9 Å². The number of thiazole rings is 1. The molecule has 2 heterocycles. The summed E-state index contributed by atoms with van der Waals surface area (Å²) in [5, 5.41) is 8.92. The fraction of sp³-hybridized carbons (Fsp3) is 0.231. The van der Waals surface area contributed by atoms with Crippen LogP contribution in [-0.2, 0) is 14.3 Å². The molecular weight excluding hydrogens is 564 g/mol. The molecule has 3 aromatic rings. The minimum atomic E-state index is -1.12. The van der Waals surface area contributed by atoms with Crippen molar-refractivity contribution in [2.45, 2.75) is 19.4 Å². The highest BCUT2D eigenvalue weighted by atomic mass is 79.9. The van der Waals surface area contributed by atoms with Crippen LogP contribution in [0.2, 0.25) is 0 Å². The Morgan fingerprint density at radius 2 is 1.92 bits per heavy atom. The van der Waals surface area contributed by atoms with E-state index in [4.69, 9.17) is 19.3 Å². The average molecular weight is 587 g/mol. The van der Waals surface area contributed by atoms with Crippen molar-refractivity contribution in [2.24, 2.45) is 4.99 Å². The Balaban J connectivity index is 1.91. The topological polar surface area (TPSA) is 116 Å². The van der Waals surface area contributed by atoms with Gasteiger partial charge in [-0.25, -0.2) is 14.6 Å². The maximum Gasteiger partial charge on any atom is 0.341 e. The molecule has 1 aliphatic heterocycles. The number of carboxylic acid groups (broad SMARTS) is 1. The first kappa shape index (κ1) is 26.4. The van der Waals surface area contributed by atoms with E-state index in [-0.39, 0.29) is 11.3 Å². The number of carbonyl (C=O) groups excluding carboxylic acids is 1. The van der Waals surface area contributed by atoms with E-state index in [2.05, 4.69) is 20.9 Å². The second kappa shape index (κ2) is 11.1. The number of carboxylic acids is 1. The number of aromatic nitrogens is 1. The number of hydrogen-bond acceptors (Lipinski definition) is 8. The zero-order valence-corrected chi connectivity index (χ0v) is 22.6. The third kappa shape index (κ3) is 5.23. The zero-order valence-electron chi connectivity index (χ0n) is 20.2. The van der Waals surface area contributed by atoms with Crippen molar-refractivity contribution in [1.29, 1.82) is 0 Å². The van der Waals surface area contributed by atoms with Crippen molar-refractivity contribution >= 4 is 45.3 Å². The van der Waals surface area contributed by atoms with Crippen molar-refractivity contribution in [3.05, 3.63) is 89.0 Å². The van der Waals surface area contributed by atoms with Crippen LogP contribution in [0.1, 0.15) is 30.5 Å². The molecule has 0 fully saturated rings. The predicted molar refractivity (Wildman–Crippen MR) is 141 cm³/mol. The third-order valence-electron chi connectivity index (χ3n) is 5.69. The van der Waals surface area contributed by atoms with Gasteiger partial charge in [-0.2, -0.15) is 0 Å². The number of hydrogen-bond donors (Lipinski definition) is 1. The van der Waals surface area contributed by atoms with Crippen LogP contribution in [0.3, 0.4) is 0 Å². The van der Waals surface area contributed by atoms with Crippen LogP contribution in [-0.4, -0.2) is 42.4 Å². The van der Waals surface area contributed by atoms with E-state index >= 15 is 0 Å². The molecule has 1 aromatic heterocycles. The average Bonchev–Trinajstić information content (AvgIpc) is 3.21. The molecule has 2 aromatic carbocycles. The number of halogens is 1. The molecule has 0 spiro atoms. The van der Waals surface area contributed by atoms with Crippen molar-refractivity contribution < 1.29 is 28.9 Å². The summed E-state index contributed by atoms with van der Waals surface area (Å²) in [6, 6.07) is 11.8. The maximum absolute atomic E-state index is 13.7. The number of rotatable bonds is 8. The Bertz CT molecular complexity index is 1570. The number of fused-ring (bicyclic) bond motifs is 1. The summed E-state index contributed by atoms with van der Waals surface area (Å²) in [5.41, 5.74) is 1.96. The van der Waals surface area contributed by atoms with Gasteiger partial charge in [0.25, 0.3) is 5.56 Å². The van der Waals surface area contributed by atoms with Gasteiger partial charge >= 0.3 is 11.9 Å². The first-order chi connectivity index (χ1) is 17.8. The summed E-state index contributed by atoms with van der Waals surface area (Å²) >= 11 is 4.67. The minimum Gasteiger partial charge on any atom is -0.493 e. The van der Waals surface area contributed by atoms with E-state index in [9.17, 15) is 14.4 Å². The van der Waals surface area contributed by atoms with E-state index < -0.39 is 24.6 Å². The Morgan fingerprint density at radius 1 is 1.19 bits per heavy atom. The van der Waals surface area contributed by atoms with Crippen molar-refractivity contribution in [1.82, 2.24) is 4.57 Å². The number of benzene rings is 2. The van der Waals surface area contributed by atoms with Crippen LogP contribution >= 0.6 is 27.3 Å². The lowest BCUT2D eigenvalue weighted by molar-refractivity contribution is -0.139. The molecule has 1 N–H and O–H groups in total. The lowest BCUT2D eigenvalue weighted by Gasteiger charge is -2.25. The van der Waals surface area contributed by atoms with Crippen LogP contribution in [0.15, 0.2) is 68.0 Å². The Hall–Kier alpha value is -3.70. The summed E-state index contributed by atoms with van der Waals surface area (Å²) in [7, 11) is 2.75. The van der Waals surface area contributed by atoms with Gasteiger partial charge in [0.05, 0.1) is 36.1 Å². The molecule has 9 nitrogen and oxygen atoms in total. The summed E-state index contributed by atoms with van der Waals surface area (Å²) in [4.78, 5) is 42.6. The summed E-state index contributed by atoms with van der Waals surface area (Å²) < 4.78 is 18.2. The largest absolute Gasteiger partial charge is 0.493 e. The van der Waals surface area contributed by atoms with Crippen molar-refractivity contribution in [3.63, 3.8) is 0 Å². The quantitative estimate of drug-likeness (QED) is 0.403. The van der Waals surface area contributed by atoms with E-state index in [0.29, 0.717) is 42.8 Å². The lowest BCUT2D eigenvalue weighted by atomic mass is 9.95. The van der Waals surface area contributed by atoms with Gasteiger partial charge in [0.2, 0.25) is 0 Å². The highest BCUT2D eigenvalue weighted by molar-refractivity contribution is 9.10. The van der Waals surface area contributed by atoms with Gasteiger partial charge in [-0.3, -0.25) is 9.36 Å².